The minimum absolute atomic E-state index is 0.0623. The summed E-state index contributed by atoms with van der Waals surface area (Å²) in [6.45, 7) is 6.31. The van der Waals surface area contributed by atoms with Crippen molar-refractivity contribution in [2.24, 2.45) is 0 Å². The number of nitrogens with one attached hydrogen (secondary N) is 1. The summed E-state index contributed by atoms with van der Waals surface area (Å²) in [6, 6.07) is 12.1. The van der Waals surface area contributed by atoms with E-state index in [0.717, 1.165) is 27.1 Å². The third-order valence-corrected chi connectivity index (χ3v) is 5.08. The topological polar surface area (TPSA) is 51.2 Å². The molecule has 1 N–H and O–H groups in total. The Morgan fingerprint density at radius 1 is 1.24 bits per heavy atom. The molecule has 1 amide bonds. The quantitative estimate of drug-likeness (QED) is 0.708. The van der Waals surface area contributed by atoms with Gasteiger partial charge in [0.1, 0.15) is 5.75 Å². The van der Waals surface area contributed by atoms with Gasteiger partial charge in [0.2, 0.25) is 5.91 Å². The summed E-state index contributed by atoms with van der Waals surface area (Å²) in [5, 5.41) is 3.56. The molecule has 0 aliphatic rings. The molecule has 4 nitrogen and oxygen atoms in total. The Kier molecular flexibility index (Phi) is 5.04. The molecule has 0 aliphatic carbocycles. The van der Waals surface area contributed by atoms with Crippen LogP contribution in [0.4, 0.5) is 5.13 Å². The average Bonchev–Trinajstić information content (AvgIpc) is 2.95. The molecule has 3 aromatic rings. The Hall–Kier alpha value is -2.40. The van der Waals surface area contributed by atoms with Crippen LogP contribution in [0.5, 0.6) is 5.75 Å². The monoisotopic (exact) mass is 354 g/mol. The van der Waals surface area contributed by atoms with Gasteiger partial charge in [-0.15, -0.1) is 0 Å². The Labute approximate surface area is 151 Å². The first-order valence-electron chi connectivity index (χ1n) is 8.30. The molecule has 0 bridgehead atoms. The average molecular weight is 354 g/mol. The fraction of sp³-hybridized carbons (Fsp3) is 0.300. The van der Waals surface area contributed by atoms with E-state index in [0.29, 0.717) is 17.5 Å². The number of carbonyl (C=O) groups is 1. The number of nitrogens with zero attached hydrogens (tertiary/aromatic N) is 1. The van der Waals surface area contributed by atoms with Crippen LogP contribution < -0.4 is 10.1 Å². The third-order valence-electron chi connectivity index (χ3n) is 4.15. The molecule has 25 heavy (non-hydrogen) atoms. The van der Waals surface area contributed by atoms with E-state index in [4.69, 9.17) is 4.74 Å². The number of thiazole rings is 1. The predicted molar refractivity (Wildman–Crippen MR) is 104 cm³/mol. The Bertz CT molecular complexity index is 915. The van der Waals surface area contributed by atoms with Gasteiger partial charge in [0, 0.05) is 0 Å². The molecule has 130 valence electrons. The molecule has 0 saturated heterocycles. The lowest BCUT2D eigenvalue weighted by Crippen LogP contribution is -2.14. The molecule has 0 spiro atoms. The van der Waals surface area contributed by atoms with Crippen LogP contribution in [-0.4, -0.2) is 18.0 Å². The number of anilines is 1. The van der Waals surface area contributed by atoms with Gasteiger partial charge in [-0.2, -0.15) is 0 Å². The fourth-order valence-electron chi connectivity index (χ4n) is 2.75. The van der Waals surface area contributed by atoms with Crippen molar-refractivity contribution < 1.29 is 9.53 Å². The second-order valence-electron chi connectivity index (χ2n) is 6.43. The largest absolute Gasteiger partial charge is 0.496 e. The SMILES string of the molecule is COc1ccc(CC(=O)Nc2nc3ccc(C(C)C)cc3s2)cc1C. The number of hydrogen-bond acceptors (Lipinski definition) is 4. The fourth-order valence-corrected chi connectivity index (χ4v) is 3.68. The van der Waals surface area contributed by atoms with E-state index in [9.17, 15) is 4.79 Å². The van der Waals surface area contributed by atoms with Gasteiger partial charge in [0.15, 0.2) is 5.13 Å². The zero-order valence-corrected chi connectivity index (χ0v) is 15.7. The van der Waals surface area contributed by atoms with E-state index in [1.54, 1.807) is 7.11 Å². The van der Waals surface area contributed by atoms with E-state index in [2.05, 4.69) is 36.3 Å². The molecule has 0 radical (unpaired) electrons. The summed E-state index contributed by atoms with van der Waals surface area (Å²) in [5.74, 6) is 1.24. The minimum atomic E-state index is -0.0623. The molecule has 1 aromatic heterocycles. The van der Waals surface area contributed by atoms with Crippen LogP contribution in [0.3, 0.4) is 0 Å². The van der Waals surface area contributed by atoms with Crippen LogP contribution in [0.15, 0.2) is 36.4 Å². The molecule has 0 fully saturated rings. The maximum absolute atomic E-state index is 12.3. The van der Waals surface area contributed by atoms with Crippen molar-refractivity contribution >= 4 is 32.6 Å². The normalized spacial score (nSPS) is 11.1. The van der Waals surface area contributed by atoms with Crippen molar-refractivity contribution in [2.45, 2.75) is 33.1 Å². The standard InChI is InChI=1S/C20H22N2O2S/c1-12(2)15-6-7-16-18(11-15)25-20(21-16)22-19(23)10-14-5-8-17(24-4)13(3)9-14/h5-9,11-12H,10H2,1-4H3,(H,21,22,23). The first-order chi connectivity index (χ1) is 12.0. The molecule has 0 atom stereocenters. The van der Waals surface area contributed by atoms with Crippen LogP contribution in [-0.2, 0) is 11.2 Å². The van der Waals surface area contributed by atoms with Gasteiger partial charge in [0.25, 0.3) is 0 Å². The summed E-state index contributed by atoms with van der Waals surface area (Å²) >= 11 is 1.51. The molecule has 0 unspecified atom stereocenters. The minimum Gasteiger partial charge on any atom is -0.496 e. The van der Waals surface area contributed by atoms with Crippen LogP contribution in [0.1, 0.15) is 36.5 Å². The molecule has 2 aromatic carbocycles. The second-order valence-corrected chi connectivity index (χ2v) is 7.46. The first-order valence-corrected chi connectivity index (χ1v) is 9.12. The molecule has 1 heterocycles. The number of ether oxygens (including phenoxy) is 1. The highest BCUT2D eigenvalue weighted by Gasteiger charge is 2.11. The van der Waals surface area contributed by atoms with E-state index in [-0.39, 0.29) is 5.91 Å². The molecule has 0 saturated carbocycles. The molecular formula is C20H22N2O2S. The van der Waals surface area contributed by atoms with Crippen molar-refractivity contribution in [1.82, 2.24) is 4.98 Å². The van der Waals surface area contributed by atoms with E-state index >= 15 is 0 Å². The van der Waals surface area contributed by atoms with E-state index in [1.165, 1.54) is 16.9 Å². The number of rotatable bonds is 5. The second kappa shape index (κ2) is 7.23. The first kappa shape index (κ1) is 17.4. The van der Waals surface area contributed by atoms with Gasteiger partial charge in [-0.25, -0.2) is 4.98 Å². The number of fused-ring (bicyclic) bond motifs is 1. The maximum Gasteiger partial charge on any atom is 0.230 e. The number of amides is 1. The number of benzene rings is 2. The number of carbonyl (C=O) groups excluding carboxylic acids is 1. The van der Waals surface area contributed by atoms with Crippen molar-refractivity contribution in [3.05, 3.63) is 53.1 Å². The third kappa shape index (κ3) is 3.99. The zero-order valence-electron chi connectivity index (χ0n) is 14.9. The predicted octanol–water partition coefficient (Wildman–Crippen LogP) is 4.92. The number of aryl methyl sites for hydroxylation is 1. The Balaban J connectivity index is 1.72. The van der Waals surface area contributed by atoms with Crippen molar-refractivity contribution in [2.75, 3.05) is 12.4 Å². The van der Waals surface area contributed by atoms with Crippen molar-refractivity contribution in [1.29, 1.82) is 0 Å². The Morgan fingerprint density at radius 2 is 2.04 bits per heavy atom. The van der Waals surface area contributed by atoms with Gasteiger partial charge in [-0.05, 0) is 47.7 Å². The summed E-state index contributed by atoms with van der Waals surface area (Å²) in [7, 11) is 1.65. The lowest BCUT2D eigenvalue weighted by atomic mass is 10.0. The summed E-state index contributed by atoms with van der Waals surface area (Å²) in [4.78, 5) is 16.8. The van der Waals surface area contributed by atoms with E-state index < -0.39 is 0 Å². The van der Waals surface area contributed by atoms with Gasteiger partial charge in [0.05, 0.1) is 23.7 Å². The Morgan fingerprint density at radius 3 is 2.72 bits per heavy atom. The molecule has 3 rings (SSSR count). The highest BCUT2D eigenvalue weighted by atomic mass is 32.1. The maximum atomic E-state index is 12.3. The van der Waals surface area contributed by atoms with Crippen LogP contribution in [0, 0.1) is 6.92 Å². The highest BCUT2D eigenvalue weighted by Crippen LogP contribution is 2.29. The number of hydrogen-bond donors (Lipinski definition) is 1. The van der Waals surface area contributed by atoms with Gasteiger partial charge in [-0.3, -0.25) is 4.79 Å². The van der Waals surface area contributed by atoms with Crippen LogP contribution >= 0.6 is 11.3 Å². The van der Waals surface area contributed by atoms with Gasteiger partial charge in [-0.1, -0.05) is 43.4 Å². The molecular weight excluding hydrogens is 332 g/mol. The van der Waals surface area contributed by atoms with Crippen molar-refractivity contribution in [3.8, 4) is 5.75 Å². The smallest absolute Gasteiger partial charge is 0.230 e. The van der Waals surface area contributed by atoms with Gasteiger partial charge < -0.3 is 10.1 Å². The lowest BCUT2D eigenvalue weighted by molar-refractivity contribution is -0.115. The van der Waals surface area contributed by atoms with Gasteiger partial charge >= 0.3 is 0 Å². The lowest BCUT2D eigenvalue weighted by Gasteiger charge is -2.07. The molecule has 0 aliphatic heterocycles. The van der Waals surface area contributed by atoms with Crippen molar-refractivity contribution in [3.63, 3.8) is 0 Å². The summed E-state index contributed by atoms with van der Waals surface area (Å²) in [6.07, 6.45) is 0.317. The summed E-state index contributed by atoms with van der Waals surface area (Å²) < 4.78 is 6.35. The summed E-state index contributed by atoms with van der Waals surface area (Å²) in [5.41, 5.74) is 4.18. The van der Waals surface area contributed by atoms with E-state index in [1.807, 2.05) is 31.2 Å². The number of aromatic nitrogens is 1. The van der Waals surface area contributed by atoms with Crippen LogP contribution in [0.25, 0.3) is 10.2 Å². The van der Waals surface area contributed by atoms with Crippen LogP contribution in [0.2, 0.25) is 0 Å². The zero-order chi connectivity index (χ0) is 18.0. The number of methoxy groups -OCH3 is 1. The highest BCUT2D eigenvalue weighted by molar-refractivity contribution is 7.22. The molecule has 5 heteroatoms.